The van der Waals surface area contributed by atoms with E-state index in [-0.39, 0.29) is 24.2 Å². The number of halogens is 1. The van der Waals surface area contributed by atoms with Gasteiger partial charge in [-0.15, -0.1) is 22.6 Å². The monoisotopic (exact) mass is 338 g/mol. The smallest absolute Gasteiger partial charge is 0.230 e. The number of anilines is 1. The van der Waals surface area contributed by atoms with E-state index in [1.165, 1.54) is 22.5 Å². The van der Waals surface area contributed by atoms with Crippen LogP contribution in [0, 0.1) is 19.8 Å². The van der Waals surface area contributed by atoms with Gasteiger partial charge in [-0.25, -0.2) is 0 Å². The summed E-state index contributed by atoms with van der Waals surface area (Å²) in [7, 11) is 0. The van der Waals surface area contributed by atoms with Gasteiger partial charge in [-0.2, -0.15) is 0 Å². The minimum atomic E-state index is 0. The lowest BCUT2D eigenvalue weighted by Crippen LogP contribution is -2.24. The second kappa shape index (κ2) is 7.17. The Kier molecular flexibility index (Phi) is 5.50. The van der Waals surface area contributed by atoms with E-state index in [0.29, 0.717) is 5.13 Å². The molecule has 2 N–H and O–H groups in total. The van der Waals surface area contributed by atoms with Crippen molar-refractivity contribution in [3.05, 3.63) is 29.3 Å². The number of hydrogen-bond donors (Lipinski definition) is 2. The highest BCUT2D eigenvalue weighted by molar-refractivity contribution is 7.18. The van der Waals surface area contributed by atoms with Crippen LogP contribution in [0.3, 0.4) is 0 Å². The molecule has 118 valence electrons. The number of nitrogens with one attached hydrogen (secondary N) is 2. The fraction of sp³-hybridized carbons (Fsp3) is 0.400. The zero-order chi connectivity index (χ0) is 14.8. The van der Waals surface area contributed by atoms with Gasteiger partial charge in [-0.05, 0) is 38.9 Å². The molecule has 1 aliphatic rings. The molecule has 1 atom stereocenters. The Morgan fingerprint density at radius 1 is 1.27 bits per heavy atom. The van der Waals surface area contributed by atoms with E-state index in [9.17, 15) is 4.79 Å². The molecule has 1 fully saturated rings. The first-order chi connectivity index (χ1) is 10.1. The molecule has 2 aromatic rings. The zero-order valence-electron chi connectivity index (χ0n) is 12.5. The number of rotatable bonds is 3. The van der Waals surface area contributed by atoms with Crippen LogP contribution in [0.1, 0.15) is 17.5 Å². The van der Waals surface area contributed by atoms with Crippen LogP contribution in [0.2, 0.25) is 0 Å². The first-order valence-corrected chi connectivity index (χ1v) is 7.87. The van der Waals surface area contributed by atoms with Crippen molar-refractivity contribution in [2.45, 2.75) is 20.3 Å². The maximum Gasteiger partial charge on any atom is 0.230 e. The van der Waals surface area contributed by atoms with Gasteiger partial charge in [0, 0.05) is 12.1 Å². The average Bonchev–Trinajstić information content (AvgIpc) is 3.08. The van der Waals surface area contributed by atoms with Crippen molar-refractivity contribution in [3.8, 4) is 10.6 Å². The molecule has 2 heterocycles. The van der Waals surface area contributed by atoms with Crippen LogP contribution in [0.5, 0.6) is 0 Å². The van der Waals surface area contributed by atoms with Crippen LogP contribution in [0.25, 0.3) is 10.6 Å². The highest BCUT2D eigenvalue weighted by Crippen LogP contribution is 2.28. The van der Waals surface area contributed by atoms with Gasteiger partial charge in [-0.3, -0.25) is 4.79 Å². The fourth-order valence-electron chi connectivity index (χ4n) is 2.57. The molecule has 1 aromatic heterocycles. The third-order valence-electron chi connectivity index (χ3n) is 3.55. The van der Waals surface area contributed by atoms with E-state index < -0.39 is 0 Å². The SMILES string of the molecule is Cc1cc(C)cc(-c2nnc(NC(=O)C3CCNC3)s2)c1.Cl. The number of carbonyl (C=O) groups is 1. The number of hydrogen-bond acceptors (Lipinski definition) is 5. The molecule has 1 saturated heterocycles. The van der Waals surface area contributed by atoms with Crippen molar-refractivity contribution in [1.29, 1.82) is 0 Å². The standard InChI is InChI=1S/C15H18N4OS.ClH/c1-9-5-10(2)7-12(6-9)14-18-19-15(21-14)17-13(20)11-3-4-16-8-11;/h5-7,11,16H,3-4,8H2,1-2H3,(H,17,19,20);1H. The Morgan fingerprint density at radius 2 is 2.00 bits per heavy atom. The van der Waals surface area contributed by atoms with Crippen molar-refractivity contribution in [2.24, 2.45) is 5.92 Å². The van der Waals surface area contributed by atoms with Gasteiger partial charge >= 0.3 is 0 Å². The maximum atomic E-state index is 12.1. The van der Waals surface area contributed by atoms with Crippen LogP contribution < -0.4 is 10.6 Å². The first kappa shape index (κ1) is 16.9. The Bertz CT molecular complexity index is 647. The Balaban J connectivity index is 0.00000176. The molecule has 3 rings (SSSR count). The highest BCUT2D eigenvalue weighted by Gasteiger charge is 2.23. The zero-order valence-corrected chi connectivity index (χ0v) is 14.2. The molecule has 1 unspecified atom stereocenters. The van der Waals surface area contributed by atoms with Crippen LogP contribution in [0.15, 0.2) is 18.2 Å². The fourth-order valence-corrected chi connectivity index (χ4v) is 3.31. The molecule has 0 saturated carbocycles. The number of benzene rings is 1. The molecule has 22 heavy (non-hydrogen) atoms. The first-order valence-electron chi connectivity index (χ1n) is 7.05. The van der Waals surface area contributed by atoms with Gasteiger partial charge in [0.2, 0.25) is 11.0 Å². The number of aromatic nitrogens is 2. The molecule has 0 radical (unpaired) electrons. The van der Waals surface area contributed by atoms with Crippen molar-refractivity contribution in [2.75, 3.05) is 18.4 Å². The topological polar surface area (TPSA) is 66.9 Å². The highest BCUT2D eigenvalue weighted by atomic mass is 35.5. The second-order valence-corrected chi connectivity index (χ2v) is 6.45. The summed E-state index contributed by atoms with van der Waals surface area (Å²) in [5, 5.41) is 15.7. The van der Waals surface area contributed by atoms with E-state index in [2.05, 4.69) is 52.9 Å². The summed E-state index contributed by atoms with van der Waals surface area (Å²) in [4.78, 5) is 12.1. The normalized spacial score (nSPS) is 17.1. The van der Waals surface area contributed by atoms with Crippen molar-refractivity contribution >= 4 is 34.8 Å². The molecule has 1 aliphatic heterocycles. The lowest BCUT2D eigenvalue weighted by Gasteiger charge is -2.06. The van der Waals surface area contributed by atoms with E-state index >= 15 is 0 Å². The van der Waals surface area contributed by atoms with E-state index in [0.717, 1.165) is 30.1 Å². The third-order valence-corrected chi connectivity index (χ3v) is 4.44. The largest absolute Gasteiger partial charge is 0.316 e. The molecule has 1 amide bonds. The minimum Gasteiger partial charge on any atom is -0.316 e. The van der Waals surface area contributed by atoms with Gasteiger partial charge < -0.3 is 10.6 Å². The lowest BCUT2D eigenvalue weighted by molar-refractivity contribution is -0.119. The van der Waals surface area contributed by atoms with Gasteiger partial charge in [0.15, 0.2) is 0 Å². The number of amides is 1. The second-order valence-electron chi connectivity index (χ2n) is 5.47. The van der Waals surface area contributed by atoms with Gasteiger partial charge in [0.25, 0.3) is 0 Å². The van der Waals surface area contributed by atoms with Gasteiger partial charge in [0.05, 0.1) is 5.92 Å². The Morgan fingerprint density at radius 3 is 2.64 bits per heavy atom. The summed E-state index contributed by atoms with van der Waals surface area (Å²) in [6.07, 6.45) is 0.884. The number of nitrogens with zero attached hydrogens (tertiary/aromatic N) is 2. The van der Waals surface area contributed by atoms with Crippen molar-refractivity contribution < 1.29 is 4.79 Å². The molecular weight excluding hydrogens is 320 g/mol. The number of aryl methyl sites for hydroxylation is 2. The summed E-state index contributed by atoms with van der Waals surface area (Å²) < 4.78 is 0. The predicted octanol–water partition coefficient (Wildman–Crippen LogP) is 2.79. The summed E-state index contributed by atoms with van der Waals surface area (Å²) in [6, 6.07) is 6.29. The Hall–Kier alpha value is -1.50. The molecule has 0 bridgehead atoms. The molecule has 7 heteroatoms. The van der Waals surface area contributed by atoms with Crippen LogP contribution in [-0.4, -0.2) is 29.2 Å². The van der Waals surface area contributed by atoms with Crippen LogP contribution in [0.4, 0.5) is 5.13 Å². The van der Waals surface area contributed by atoms with Crippen molar-refractivity contribution in [1.82, 2.24) is 15.5 Å². The van der Waals surface area contributed by atoms with Crippen molar-refractivity contribution in [3.63, 3.8) is 0 Å². The van der Waals surface area contributed by atoms with E-state index in [1.807, 2.05) is 0 Å². The molecule has 0 aliphatic carbocycles. The van der Waals surface area contributed by atoms with Crippen LogP contribution >= 0.6 is 23.7 Å². The lowest BCUT2D eigenvalue weighted by atomic mass is 10.1. The van der Waals surface area contributed by atoms with E-state index in [4.69, 9.17) is 0 Å². The van der Waals surface area contributed by atoms with E-state index in [1.54, 1.807) is 0 Å². The molecular formula is C15H19ClN4OS. The average molecular weight is 339 g/mol. The van der Waals surface area contributed by atoms with Gasteiger partial charge in [-0.1, -0.05) is 28.5 Å². The number of carbonyl (C=O) groups excluding carboxylic acids is 1. The summed E-state index contributed by atoms with van der Waals surface area (Å²) in [6.45, 7) is 5.78. The minimum absolute atomic E-state index is 0. The maximum absolute atomic E-state index is 12.1. The molecule has 5 nitrogen and oxygen atoms in total. The summed E-state index contributed by atoms with van der Waals surface area (Å²) >= 11 is 1.42. The predicted molar refractivity (Wildman–Crippen MR) is 91.7 cm³/mol. The molecule has 0 spiro atoms. The quantitative estimate of drug-likeness (QED) is 0.903. The summed E-state index contributed by atoms with van der Waals surface area (Å²) in [5.74, 6) is 0.0710. The Labute approximate surface area is 139 Å². The third kappa shape index (κ3) is 3.82. The molecule has 1 aromatic carbocycles. The van der Waals surface area contributed by atoms with Crippen LogP contribution in [-0.2, 0) is 4.79 Å². The van der Waals surface area contributed by atoms with Gasteiger partial charge in [0.1, 0.15) is 5.01 Å². The summed E-state index contributed by atoms with van der Waals surface area (Å²) in [5.41, 5.74) is 3.44.